The summed E-state index contributed by atoms with van der Waals surface area (Å²) in [6, 6.07) is 7.33. The van der Waals surface area contributed by atoms with E-state index < -0.39 is 6.09 Å². The summed E-state index contributed by atoms with van der Waals surface area (Å²) < 4.78 is 6.36. The van der Waals surface area contributed by atoms with Crippen LogP contribution in [0.1, 0.15) is 6.92 Å². The van der Waals surface area contributed by atoms with Crippen LogP contribution in [0.2, 0.25) is 5.02 Å². The third-order valence-electron chi connectivity index (χ3n) is 2.63. The Labute approximate surface area is 120 Å². The van der Waals surface area contributed by atoms with Crippen LogP contribution in [-0.2, 0) is 16.1 Å². The van der Waals surface area contributed by atoms with Crippen molar-refractivity contribution >= 4 is 34.5 Å². The van der Waals surface area contributed by atoms with Gasteiger partial charge in [0.05, 0.1) is 6.61 Å². The van der Waals surface area contributed by atoms with E-state index in [0.29, 0.717) is 5.02 Å². The summed E-state index contributed by atoms with van der Waals surface area (Å²) in [5, 5.41) is 1.59. The van der Waals surface area contributed by atoms with Gasteiger partial charge in [-0.05, 0) is 30.5 Å². The first-order chi connectivity index (χ1) is 9.60. The molecule has 6 nitrogen and oxygen atoms in total. The SMILES string of the molecule is CCOC(=O)NNC(=O)Cn1ccc2ccc(Cl)cc21. The molecule has 1 heterocycles. The summed E-state index contributed by atoms with van der Waals surface area (Å²) in [5.41, 5.74) is 5.27. The molecule has 0 unspecified atom stereocenters. The van der Waals surface area contributed by atoms with Crippen LogP contribution in [-0.4, -0.2) is 23.2 Å². The van der Waals surface area contributed by atoms with Crippen LogP contribution in [0.15, 0.2) is 30.5 Å². The summed E-state index contributed by atoms with van der Waals surface area (Å²) in [6.45, 7) is 1.98. The third-order valence-corrected chi connectivity index (χ3v) is 2.86. The molecule has 1 aromatic carbocycles. The summed E-state index contributed by atoms with van der Waals surface area (Å²) in [6.07, 6.45) is 1.09. The van der Waals surface area contributed by atoms with Crippen LogP contribution in [0.25, 0.3) is 10.9 Å². The highest BCUT2D eigenvalue weighted by Gasteiger charge is 2.08. The van der Waals surface area contributed by atoms with Crippen molar-refractivity contribution in [2.24, 2.45) is 0 Å². The Morgan fingerprint density at radius 2 is 2.10 bits per heavy atom. The number of carbonyl (C=O) groups is 2. The smallest absolute Gasteiger partial charge is 0.426 e. The van der Waals surface area contributed by atoms with E-state index in [2.05, 4.69) is 15.6 Å². The van der Waals surface area contributed by atoms with Gasteiger partial charge in [0.2, 0.25) is 0 Å². The van der Waals surface area contributed by atoms with Crippen LogP contribution < -0.4 is 10.9 Å². The van der Waals surface area contributed by atoms with E-state index >= 15 is 0 Å². The number of carbonyl (C=O) groups excluding carboxylic acids is 2. The maximum Gasteiger partial charge on any atom is 0.426 e. The number of hydrazine groups is 1. The van der Waals surface area contributed by atoms with Crippen molar-refractivity contribution in [3.8, 4) is 0 Å². The number of amides is 2. The Morgan fingerprint density at radius 1 is 1.30 bits per heavy atom. The molecule has 2 rings (SSSR count). The van der Waals surface area contributed by atoms with Crippen LogP contribution in [0.3, 0.4) is 0 Å². The molecule has 7 heteroatoms. The second-order valence-electron chi connectivity index (χ2n) is 4.04. The lowest BCUT2D eigenvalue weighted by Crippen LogP contribution is -2.43. The lowest BCUT2D eigenvalue weighted by atomic mass is 10.2. The first kappa shape index (κ1) is 14.2. The van der Waals surface area contributed by atoms with Gasteiger partial charge in [-0.15, -0.1) is 0 Å². The van der Waals surface area contributed by atoms with Crippen LogP contribution in [0.5, 0.6) is 0 Å². The molecule has 0 aliphatic carbocycles. The Hall–Kier alpha value is -2.21. The fourth-order valence-corrected chi connectivity index (χ4v) is 1.94. The van der Waals surface area contributed by atoms with Gasteiger partial charge in [0.25, 0.3) is 5.91 Å². The number of ether oxygens (including phenoxy) is 1. The van der Waals surface area contributed by atoms with E-state index in [1.54, 1.807) is 29.8 Å². The number of benzene rings is 1. The van der Waals surface area contributed by atoms with Crippen molar-refractivity contribution in [2.75, 3.05) is 6.61 Å². The van der Waals surface area contributed by atoms with Crippen molar-refractivity contribution in [1.82, 2.24) is 15.4 Å². The highest BCUT2D eigenvalue weighted by molar-refractivity contribution is 6.31. The molecule has 0 atom stereocenters. The minimum absolute atomic E-state index is 0.0657. The molecule has 106 valence electrons. The highest BCUT2D eigenvalue weighted by Crippen LogP contribution is 2.20. The molecular weight excluding hydrogens is 282 g/mol. The maximum atomic E-state index is 11.7. The number of hydrogen-bond donors (Lipinski definition) is 2. The molecule has 0 bridgehead atoms. The summed E-state index contributed by atoms with van der Waals surface area (Å²) in [7, 11) is 0. The number of hydrogen-bond acceptors (Lipinski definition) is 3. The van der Waals surface area contributed by atoms with Crippen LogP contribution in [0.4, 0.5) is 4.79 Å². The number of aromatic nitrogens is 1. The molecule has 0 saturated carbocycles. The Morgan fingerprint density at radius 3 is 2.85 bits per heavy atom. The Kier molecular flexibility index (Phi) is 4.47. The largest absolute Gasteiger partial charge is 0.449 e. The van der Waals surface area contributed by atoms with Gasteiger partial charge >= 0.3 is 6.09 Å². The van der Waals surface area contributed by atoms with Gasteiger partial charge in [-0.1, -0.05) is 17.7 Å². The minimum atomic E-state index is -0.693. The van der Waals surface area contributed by atoms with Crippen molar-refractivity contribution in [2.45, 2.75) is 13.5 Å². The lowest BCUT2D eigenvalue weighted by Gasteiger charge is -2.08. The second-order valence-corrected chi connectivity index (χ2v) is 4.48. The van der Waals surface area contributed by atoms with Gasteiger partial charge in [0.15, 0.2) is 0 Å². The van der Waals surface area contributed by atoms with Crippen molar-refractivity contribution in [3.05, 3.63) is 35.5 Å². The van der Waals surface area contributed by atoms with E-state index in [0.717, 1.165) is 10.9 Å². The van der Waals surface area contributed by atoms with E-state index in [4.69, 9.17) is 11.6 Å². The third kappa shape index (κ3) is 3.42. The summed E-state index contributed by atoms with van der Waals surface area (Å²) in [5.74, 6) is -0.365. The zero-order valence-corrected chi connectivity index (χ0v) is 11.6. The zero-order chi connectivity index (χ0) is 14.5. The van der Waals surface area contributed by atoms with Gasteiger partial charge in [-0.25, -0.2) is 10.2 Å². The molecule has 2 amide bonds. The monoisotopic (exact) mass is 295 g/mol. The molecule has 0 aliphatic rings. The van der Waals surface area contributed by atoms with E-state index in [1.165, 1.54) is 0 Å². The van der Waals surface area contributed by atoms with Crippen LogP contribution in [0, 0.1) is 0 Å². The first-order valence-corrected chi connectivity index (χ1v) is 6.44. The van der Waals surface area contributed by atoms with Crippen molar-refractivity contribution < 1.29 is 14.3 Å². The summed E-state index contributed by atoms with van der Waals surface area (Å²) in [4.78, 5) is 22.7. The molecule has 2 N–H and O–H groups in total. The highest BCUT2D eigenvalue weighted by atomic mass is 35.5. The topological polar surface area (TPSA) is 72.4 Å². The Balaban J connectivity index is 1.99. The van der Waals surface area contributed by atoms with E-state index in [1.807, 2.05) is 12.1 Å². The fourth-order valence-electron chi connectivity index (χ4n) is 1.78. The van der Waals surface area contributed by atoms with E-state index in [9.17, 15) is 9.59 Å². The number of halogens is 1. The molecular formula is C13H14ClN3O3. The fraction of sp³-hybridized carbons (Fsp3) is 0.231. The van der Waals surface area contributed by atoms with Gasteiger partial charge in [0.1, 0.15) is 6.54 Å². The summed E-state index contributed by atoms with van der Waals surface area (Å²) >= 11 is 5.93. The van der Waals surface area contributed by atoms with Gasteiger partial charge in [-0.3, -0.25) is 10.2 Å². The van der Waals surface area contributed by atoms with Gasteiger partial charge < -0.3 is 9.30 Å². The molecule has 0 spiro atoms. The average molecular weight is 296 g/mol. The molecule has 0 saturated heterocycles. The molecule has 0 aliphatic heterocycles. The molecule has 1 aromatic heterocycles. The zero-order valence-electron chi connectivity index (χ0n) is 10.9. The van der Waals surface area contributed by atoms with Crippen molar-refractivity contribution in [3.63, 3.8) is 0 Å². The second kappa shape index (κ2) is 6.29. The standard InChI is InChI=1S/C13H14ClN3O3/c1-2-20-13(19)16-15-12(18)8-17-6-5-9-3-4-10(14)7-11(9)17/h3-7H,2,8H2,1H3,(H,15,18)(H,16,19). The molecule has 0 radical (unpaired) electrons. The first-order valence-electron chi connectivity index (χ1n) is 6.06. The minimum Gasteiger partial charge on any atom is -0.449 e. The maximum absolute atomic E-state index is 11.7. The number of nitrogens with one attached hydrogen (secondary N) is 2. The van der Waals surface area contributed by atoms with Gasteiger partial charge in [-0.2, -0.15) is 0 Å². The molecule has 0 fully saturated rings. The number of fused-ring (bicyclic) bond motifs is 1. The number of rotatable bonds is 3. The van der Waals surface area contributed by atoms with E-state index in [-0.39, 0.29) is 19.1 Å². The molecule has 20 heavy (non-hydrogen) atoms. The number of nitrogens with zero attached hydrogens (tertiary/aromatic N) is 1. The quantitative estimate of drug-likeness (QED) is 0.852. The normalized spacial score (nSPS) is 10.3. The predicted molar refractivity (Wildman–Crippen MR) is 75.2 cm³/mol. The predicted octanol–water partition coefficient (Wildman–Crippen LogP) is 2.07. The van der Waals surface area contributed by atoms with Gasteiger partial charge in [0, 0.05) is 16.7 Å². The average Bonchev–Trinajstić information content (AvgIpc) is 2.79. The van der Waals surface area contributed by atoms with Crippen LogP contribution >= 0.6 is 11.6 Å². The lowest BCUT2D eigenvalue weighted by molar-refractivity contribution is -0.122. The van der Waals surface area contributed by atoms with Crippen molar-refractivity contribution in [1.29, 1.82) is 0 Å². The molecule has 2 aromatic rings. The Bertz CT molecular complexity index is 639.